The maximum absolute atomic E-state index is 5.83. The molecule has 0 fully saturated rings. The van der Waals surface area contributed by atoms with Gasteiger partial charge in [0.05, 0.1) is 5.88 Å². The number of hydrogen-bond acceptors (Lipinski definition) is 3. The molecule has 78 valence electrons. The highest BCUT2D eigenvalue weighted by Gasteiger charge is 2.03. The van der Waals surface area contributed by atoms with E-state index in [-0.39, 0.29) is 0 Å². The SMILES string of the molecule is ClCc1cnc(Oc2cccc(Cl)c2)s1. The predicted octanol–water partition coefficient (Wildman–Crippen LogP) is 4.33. The molecule has 2 rings (SSSR count). The second kappa shape index (κ2) is 4.84. The minimum Gasteiger partial charge on any atom is -0.431 e. The minimum atomic E-state index is 0.455. The number of halogens is 2. The molecule has 0 amide bonds. The van der Waals surface area contributed by atoms with E-state index in [9.17, 15) is 0 Å². The minimum absolute atomic E-state index is 0.455. The van der Waals surface area contributed by atoms with Gasteiger partial charge in [-0.15, -0.1) is 11.6 Å². The van der Waals surface area contributed by atoms with Gasteiger partial charge in [-0.2, -0.15) is 0 Å². The van der Waals surface area contributed by atoms with Crippen LogP contribution in [0.4, 0.5) is 0 Å². The van der Waals surface area contributed by atoms with E-state index >= 15 is 0 Å². The van der Waals surface area contributed by atoms with Crippen LogP contribution in [0, 0.1) is 0 Å². The Morgan fingerprint density at radius 1 is 1.40 bits per heavy atom. The van der Waals surface area contributed by atoms with E-state index < -0.39 is 0 Å². The molecule has 0 N–H and O–H groups in total. The number of aromatic nitrogens is 1. The molecule has 0 unspecified atom stereocenters. The van der Waals surface area contributed by atoms with Crippen LogP contribution in [-0.4, -0.2) is 4.98 Å². The van der Waals surface area contributed by atoms with E-state index in [1.54, 1.807) is 18.3 Å². The van der Waals surface area contributed by atoms with Crippen LogP contribution in [0.25, 0.3) is 0 Å². The van der Waals surface area contributed by atoms with Gasteiger partial charge in [-0.3, -0.25) is 0 Å². The Hall–Kier alpha value is -0.770. The first kappa shape index (κ1) is 10.7. The van der Waals surface area contributed by atoms with Gasteiger partial charge in [0.2, 0.25) is 0 Å². The van der Waals surface area contributed by atoms with Gasteiger partial charge < -0.3 is 4.74 Å². The third-order valence-electron chi connectivity index (χ3n) is 1.67. The molecular weight excluding hydrogens is 253 g/mol. The van der Waals surface area contributed by atoms with Gasteiger partial charge in [-0.1, -0.05) is 29.0 Å². The van der Waals surface area contributed by atoms with Gasteiger partial charge in [-0.25, -0.2) is 4.98 Å². The van der Waals surface area contributed by atoms with Crippen LogP contribution in [0.5, 0.6) is 10.9 Å². The summed E-state index contributed by atoms with van der Waals surface area (Å²) in [6.45, 7) is 0. The molecule has 1 aromatic heterocycles. The van der Waals surface area contributed by atoms with Gasteiger partial charge in [0.1, 0.15) is 5.75 Å². The Morgan fingerprint density at radius 3 is 2.93 bits per heavy atom. The summed E-state index contributed by atoms with van der Waals surface area (Å²) in [6, 6.07) is 7.19. The first-order valence-corrected chi connectivity index (χ1v) is 5.95. The summed E-state index contributed by atoms with van der Waals surface area (Å²) >= 11 is 12.9. The fraction of sp³-hybridized carbons (Fsp3) is 0.100. The molecule has 0 atom stereocenters. The highest BCUT2D eigenvalue weighted by Crippen LogP contribution is 2.28. The lowest BCUT2D eigenvalue weighted by Gasteiger charge is -2.00. The normalized spacial score (nSPS) is 10.3. The molecular formula is C10H7Cl2NOS. The number of alkyl halides is 1. The summed E-state index contributed by atoms with van der Waals surface area (Å²) in [5, 5.41) is 1.22. The van der Waals surface area contributed by atoms with Gasteiger partial charge in [-0.05, 0) is 18.2 Å². The number of ether oxygens (including phenoxy) is 1. The summed E-state index contributed by atoms with van der Waals surface area (Å²) in [7, 11) is 0. The van der Waals surface area contributed by atoms with E-state index in [2.05, 4.69) is 4.98 Å². The van der Waals surface area contributed by atoms with Gasteiger partial charge in [0.15, 0.2) is 0 Å². The molecule has 0 radical (unpaired) electrons. The lowest BCUT2D eigenvalue weighted by atomic mass is 10.3. The summed E-state index contributed by atoms with van der Waals surface area (Å²) in [4.78, 5) is 5.06. The fourth-order valence-corrected chi connectivity index (χ4v) is 2.07. The molecule has 0 saturated carbocycles. The lowest BCUT2D eigenvalue weighted by Crippen LogP contribution is -1.81. The van der Waals surface area contributed by atoms with Crippen LogP contribution < -0.4 is 4.74 Å². The van der Waals surface area contributed by atoms with Crippen LogP contribution in [-0.2, 0) is 5.88 Å². The first-order chi connectivity index (χ1) is 7.28. The molecule has 1 aromatic carbocycles. The lowest BCUT2D eigenvalue weighted by molar-refractivity contribution is 0.479. The fourth-order valence-electron chi connectivity index (χ4n) is 1.03. The molecule has 2 aromatic rings. The Kier molecular flexibility index (Phi) is 3.46. The monoisotopic (exact) mass is 259 g/mol. The number of thiazole rings is 1. The van der Waals surface area contributed by atoms with Crippen LogP contribution in [0.15, 0.2) is 30.5 Å². The maximum Gasteiger partial charge on any atom is 0.278 e. The van der Waals surface area contributed by atoms with Crippen LogP contribution in [0.3, 0.4) is 0 Å². The molecule has 2 nitrogen and oxygen atoms in total. The van der Waals surface area contributed by atoms with Crippen molar-refractivity contribution >= 4 is 34.5 Å². The summed E-state index contributed by atoms with van der Waals surface area (Å²) in [6.07, 6.45) is 1.71. The Bertz CT molecular complexity index is 458. The molecule has 0 aliphatic rings. The Labute approximate surface area is 101 Å². The van der Waals surface area contributed by atoms with Gasteiger partial charge in [0.25, 0.3) is 5.19 Å². The van der Waals surface area contributed by atoms with Crippen LogP contribution in [0.1, 0.15) is 4.88 Å². The van der Waals surface area contributed by atoms with Crippen molar-refractivity contribution in [2.75, 3.05) is 0 Å². The molecule has 0 aliphatic carbocycles. The van der Waals surface area contributed by atoms with Crippen molar-refractivity contribution in [1.82, 2.24) is 4.98 Å². The smallest absolute Gasteiger partial charge is 0.278 e. The first-order valence-electron chi connectivity index (χ1n) is 4.22. The molecule has 0 bridgehead atoms. The quantitative estimate of drug-likeness (QED) is 0.766. The third-order valence-corrected chi connectivity index (χ3v) is 3.22. The highest BCUT2D eigenvalue weighted by atomic mass is 35.5. The standard InChI is InChI=1S/C10H7Cl2NOS/c11-5-9-6-13-10(15-9)14-8-3-1-2-7(12)4-8/h1-4,6H,5H2. The molecule has 0 spiro atoms. The third kappa shape index (κ3) is 2.84. The van der Waals surface area contributed by atoms with Crippen molar-refractivity contribution in [2.45, 2.75) is 5.88 Å². The van der Waals surface area contributed by atoms with Crippen molar-refractivity contribution < 1.29 is 4.74 Å². The Balaban J connectivity index is 2.14. The number of nitrogens with zero attached hydrogens (tertiary/aromatic N) is 1. The molecule has 0 saturated heterocycles. The van der Waals surface area contributed by atoms with Crippen LogP contribution >= 0.6 is 34.5 Å². The van der Waals surface area contributed by atoms with Crippen molar-refractivity contribution in [1.29, 1.82) is 0 Å². The topological polar surface area (TPSA) is 22.1 Å². The van der Waals surface area contributed by atoms with Gasteiger partial charge >= 0.3 is 0 Å². The van der Waals surface area contributed by atoms with E-state index in [1.807, 2.05) is 12.1 Å². The van der Waals surface area contributed by atoms with E-state index in [0.29, 0.717) is 21.8 Å². The van der Waals surface area contributed by atoms with E-state index in [1.165, 1.54) is 11.3 Å². The van der Waals surface area contributed by atoms with Gasteiger partial charge in [0, 0.05) is 16.1 Å². The van der Waals surface area contributed by atoms with Crippen molar-refractivity contribution in [3.8, 4) is 10.9 Å². The second-order valence-corrected chi connectivity index (χ2v) is 4.57. The zero-order chi connectivity index (χ0) is 10.7. The summed E-state index contributed by atoms with van der Waals surface area (Å²) in [5.41, 5.74) is 0. The molecule has 5 heteroatoms. The van der Waals surface area contributed by atoms with Crippen LogP contribution in [0.2, 0.25) is 5.02 Å². The zero-order valence-electron chi connectivity index (χ0n) is 7.61. The van der Waals surface area contributed by atoms with Crippen molar-refractivity contribution in [3.05, 3.63) is 40.4 Å². The number of hydrogen-bond donors (Lipinski definition) is 0. The zero-order valence-corrected chi connectivity index (χ0v) is 9.94. The Morgan fingerprint density at radius 2 is 2.27 bits per heavy atom. The summed E-state index contributed by atoms with van der Waals surface area (Å²) in [5.74, 6) is 1.13. The average molecular weight is 260 g/mol. The van der Waals surface area contributed by atoms with E-state index in [4.69, 9.17) is 27.9 Å². The summed E-state index contributed by atoms with van der Waals surface area (Å²) < 4.78 is 5.51. The van der Waals surface area contributed by atoms with Crippen molar-refractivity contribution in [3.63, 3.8) is 0 Å². The number of rotatable bonds is 3. The molecule has 0 aliphatic heterocycles. The maximum atomic E-state index is 5.83. The van der Waals surface area contributed by atoms with Crippen molar-refractivity contribution in [2.24, 2.45) is 0 Å². The highest BCUT2D eigenvalue weighted by molar-refractivity contribution is 7.13. The largest absolute Gasteiger partial charge is 0.431 e. The average Bonchev–Trinajstić information content (AvgIpc) is 2.65. The predicted molar refractivity (Wildman–Crippen MR) is 63.2 cm³/mol. The molecule has 15 heavy (non-hydrogen) atoms. The molecule has 1 heterocycles. The van der Waals surface area contributed by atoms with E-state index in [0.717, 1.165) is 4.88 Å². The number of benzene rings is 1. The second-order valence-electron chi connectivity index (χ2n) is 2.79.